The molecule has 0 saturated carbocycles. The second-order valence-electron chi connectivity index (χ2n) is 4.52. The molecule has 2 aromatic heterocycles. The summed E-state index contributed by atoms with van der Waals surface area (Å²) in [6.45, 7) is 1.01. The summed E-state index contributed by atoms with van der Waals surface area (Å²) in [5.41, 5.74) is 1.54. The minimum Gasteiger partial charge on any atom is -0.383 e. The second-order valence-corrected chi connectivity index (χ2v) is 5.53. The van der Waals surface area contributed by atoms with E-state index in [-0.39, 0.29) is 5.91 Å². The number of aromatic nitrogens is 2. The van der Waals surface area contributed by atoms with Gasteiger partial charge in [0, 0.05) is 31.6 Å². The molecule has 3 rings (SSSR count). The van der Waals surface area contributed by atoms with Gasteiger partial charge in [0.05, 0.1) is 16.8 Å². The molecule has 0 saturated heterocycles. The normalized spacial score (nSPS) is 10.9. The summed E-state index contributed by atoms with van der Waals surface area (Å²) in [6, 6.07) is 9.47. The molecule has 1 amide bonds. The fraction of sp³-hybridized carbons (Fsp3) is 0.200. The summed E-state index contributed by atoms with van der Waals surface area (Å²) in [5.74, 6) is -0.0927. The van der Waals surface area contributed by atoms with Crippen molar-refractivity contribution in [1.29, 1.82) is 0 Å². The van der Waals surface area contributed by atoms with E-state index < -0.39 is 0 Å². The molecule has 0 fully saturated rings. The van der Waals surface area contributed by atoms with E-state index in [0.717, 1.165) is 15.3 Å². The number of carbonyl (C=O) groups excluding carboxylic acids is 1. The molecule has 0 aliphatic rings. The number of hydrogen-bond donors (Lipinski definition) is 1. The lowest BCUT2D eigenvalue weighted by Crippen LogP contribution is -2.26. The lowest BCUT2D eigenvalue weighted by Gasteiger charge is -2.03. The molecule has 0 atom stereocenters. The van der Waals surface area contributed by atoms with Crippen LogP contribution in [0.1, 0.15) is 10.4 Å². The van der Waals surface area contributed by atoms with Crippen LogP contribution in [0.3, 0.4) is 0 Å². The predicted molar refractivity (Wildman–Crippen MR) is 83.2 cm³/mol. The van der Waals surface area contributed by atoms with Crippen molar-refractivity contribution < 1.29 is 9.53 Å². The molecule has 0 radical (unpaired) electrons. The van der Waals surface area contributed by atoms with Crippen molar-refractivity contribution in [3.05, 3.63) is 48.3 Å². The van der Waals surface area contributed by atoms with Gasteiger partial charge in [-0.3, -0.25) is 4.79 Å². The van der Waals surface area contributed by atoms with Crippen molar-refractivity contribution in [1.82, 2.24) is 14.9 Å². The number of amides is 1. The van der Waals surface area contributed by atoms with Crippen molar-refractivity contribution in [2.45, 2.75) is 0 Å². The van der Waals surface area contributed by atoms with Crippen LogP contribution in [0.15, 0.2) is 42.7 Å². The van der Waals surface area contributed by atoms with E-state index in [1.54, 1.807) is 24.5 Å². The Morgan fingerprint density at radius 1 is 1.38 bits per heavy atom. The van der Waals surface area contributed by atoms with E-state index in [4.69, 9.17) is 4.74 Å². The number of ether oxygens (including phenoxy) is 1. The Bertz CT molecular complexity index is 749. The molecule has 0 bridgehead atoms. The van der Waals surface area contributed by atoms with Crippen LogP contribution in [0.5, 0.6) is 0 Å². The average Bonchev–Trinajstić information content (AvgIpc) is 3.15. The molecule has 6 heteroatoms. The van der Waals surface area contributed by atoms with E-state index in [0.29, 0.717) is 18.7 Å². The zero-order valence-corrected chi connectivity index (χ0v) is 12.4. The Morgan fingerprint density at radius 3 is 2.95 bits per heavy atom. The van der Waals surface area contributed by atoms with Crippen molar-refractivity contribution in [3.8, 4) is 5.13 Å². The maximum absolute atomic E-state index is 12.0. The first-order valence-corrected chi connectivity index (χ1v) is 7.40. The Kier molecular flexibility index (Phi) is 3.98. The van der Waals surface area contributed by atoms with Crippen LogP contribution >= 0.6 is 11.3 Å². The van der Waals surface area contributed by atoms with Crippen molar-refractivity contribution in [2.75, 3.05) is 20.3 Å². The minimum absolute atomic E-state index is 0.0927. The van der Waals surface area contributed by atoms with Gasteiger partial charge in [0.15, 0.2) is 5.13 Å². The van der Waals surface area contributed by atoms with Crippen molar-refractivity contribution in [3.63, 3.8) is 0 Å². The van der Waals surface area contributed by atoms with Gasteiger partial charge in [0.2, 0.25) is 0 Å². The minimum atomic E-state index is -0.0927. The third kappa shape index (κ3) is 2.96. The average molecular weight is 301 g/mol. The first-order chi connectivity index (χ1) is 10.3. The Hall–Kier alpha value is -2.18. The third-order valence-electron chi connectivity index (χ3n) is 3.06. The fourth-order valence-corrected chi connectivity index (χ4v) is 2.97. The van der Waals surface area contributed by atoms with Crippen LogP contribution in [0.2, 0.25) is 0 Å². The molecule has 1 N–H and O–H groups in total. The van der Waals surface area contributed by atoms with Crippen LogP contribution in [0, 0.1) is 0 Å². The molecule has 108 valence electrons. The van der Waals surface area contributed by atoms with E-state index in [9.17, 15) is 4.79 Å². The van der Waals surface area contributed by atoms with Gasteiger partial charge >= 0.3 is 0 Å². The molecule has 1 aromatic carbocycles. The van der Waals surface area contributed by atoms with E-state index >= 15 is 0 Å². The first kappa shape index (κ1) is 13.8. The quantitative estimate of drug-likeness (QED) is 0.737. The van der Waals surface area contributed by atoms with E-state index in [1.807, 2.05) is 41.2 Å². The first-order valence-electron chi connectivity index (χ1n) is 6.59. The Morgan fingerprint density at radius 2 is 2.19 bits per heavy atom. The Labute approximate surface area is 126 Å². The Balaban J connectivity index is 1.84. The molecule has 0 unspecified atom stereocenters. The number of carbonyl (C=O) groups is 1. The number of fused-ring (bicyclic) bond motifs is 1. The molecular weight excluding hydrogens is 286 g/mol. The van der Waals surface area contributed by atoms with Crippen LogP contribution in [0.25, 0.3) is 15.3 Å². The molecule has 21 heavy (non-hydrogen) atoms. The summed E-state index contributed by atoms with van der Waals surface area (Å²) in [4.78, 5) is 16.6. The number of nitrogens with one attached hydrogen (secondary N) is 1. The molecule has 2 heterocycles. The van der Waals surface area contributed by atoms with Crippen LogP contribution in [-0.2, 0) is 4.74 Å². The highest BCUT2D eigenvalue weighted by atomic mass is 32.1. The van der Waals surface area contributed by atoms with E-state index in [2.05, 4.69) is 10.3 Å². The zero-order chi connectivity index (χ0) is 14.7. The van der Waals surface area contributed by atoms with Gasteiger partial charge in [0.25, 0.3) is 5.91 Å². The number of benzene rings is 1. The van der Waals surface area contributed by atoms with Gasteiger partial charge < -0.3 is 14.6 Å². The van der Waals surface area contributed by atoms with Crippen LogP contribution < -0.4 is 5.32 Å². The lowest BCUT2D eigenvalue weighted by molar-refractivity contribution is 0.0937. The molecule has 0 aliphatic heterocycles. The molecular formula is C15H15N3O2S. The molecule has 5 nitrogen and oxygen atoms in total. The van der Waals surface area contributed by atoms with Crippen LogP contribution in [0.4, 0.5) is 0 Å². The van der Waals surface area contributed by atoms with Gasteiger partial charge in [-0.25, -0.2) is 4.98 Å². The maximum atomic E-state index is 12.0. The number of rotatable bonds is 5. The monoisotopic (exact) mass is 301 g/mol. The SMILES string of the molecule is COCCNC(=O)c1ccc2nc(-n3cccc3)sc2c1. The highest BCUT2D eigenvalue weighted by Crippen LogP contribution is 2.25. The maximum Gasteiger partial charge on any atom is 0.251 e. The van der Waals surface area contributed by atoms with Crippen molar-refractivity contribution >= 4 is 27.5 Å². The lowest BCUT2D eigenvalue weighted by atomic mass is 10.2. The summed E-state index contributed by atoms with van der Waals surface area (Å²) >= 11 is 1.56. The number of nitrogens with zero attached hydrogens (tertiary/aromatic N) is 2. The van der Waals surface area contributed by atoms with Gasteiger partial charge in [-0.05, 0) is 30.3 Å². The molecule has 0 spiro atoms. The summed E-state index contributed by atoms with van der Waals surface area (Å²) in [5, 5.41) is 3.71. The summed E-state index contributed by atoms with van der Waals surface area (Å²) in [6.07, 6.45) is 3.91. The topological polar surface area (TPSA) is 56.1 Å². The third-order valence-corrected chi connectivity index (χ3v) is 4.09. The van der Waals surface area contributed by atoms with Gasteiger partial charge in [-0.2, -0.15) is 0 Å². The smallest absolute Gasteiger partial charge is 0.251 e. The largest absolute Gasteiger partial charge is 0.383 e. The van der Waals surface area contributed by atoms with E-state index in [1.165, 1.54) is 0 Å². The van der Waals surface area contributed by atoms with Gasteiger partial charge in [-0.1, -0.05) is 11.3 Å². The highest BCUT2D eigenvalue weighted by Gasteiger charge is 2.09. The predicted octanol–water partition coefficient (Wildman–Crippen LogP) is 2.46. The summed E-state index contributed by atoms with van der Waals surface area (Å²) in [7, 11) is 1.61. The highest BCUT2D eigenvalue weighted by molar-refractivity contribution is 7.20. The molecule has 3 aromatic rings. The fourth-order valence-electron chi connectivity index (χ4n) is 1.99. The van der Waals surface area contributed by atoms with Gasteiger partial charge in [-0.15, -0.1) is 0 Å². The van der Waals surface area contributed by atoms with Crippen molar-refractivity contribution in [2.24, 2.45) is 0 Å². The number of methoxy groups -OCH3 is 1. The summed E-state index contributed by atoms with van der Waals surface area (Å²) < 4.78 is 7.88. The zero-order valence-electron chi connectivity index (χ0n) is 11.6. The standard InChI is InChI=1S/C15H15N3O2S/c1-20-9-6-16-14(19)11-4-5-12-13(10-11)21-15(17-12)18-7-2-3-8-18/h2-5,7-8,10H,6,9H2,1H3,(H,16,19). The second kappa shape index (κ2) is 6.07. The number of thiazole rings is 1. The molecule has 0 aliphatic carbocycles. The number of hydrogen-bond acceptors (Lipinski definition) is 4. The van der Waals surface area contributed by atoms with Crippen LogP contribution in [-0.4, -0.2) is 35.7 Å². The van der Waals surface area contributed by atoms with Gasteiger partial charge in [0.1, 0.15) is 0 Å².